The van der Waals surface area contributed by atoms with Gasteiger partial charge in [0.15, 0.2) is 0 Å². The minimum Gasteiger partial charge on any atom is -0.316 e. The Kier molecular flexibility index (Phi) is 2.73. The van der Waals surface area contributed by atoms with Gasteiger partial charge in [-0.1, -0.05) is 0 Å². The maximum atomic E-state index is 3.52. The fraction of sp³-hybridized carbons (Fsp3) is 1.00. The number of thioether (sulfide) groups is 1. The van der Waals surface area contributed by atoms with Gasteiger partial charge < -0.3 is 5.32 Å². The first-order valence-corrected chi connectivity index (χ1v) is 7.11. The Morgan fingerprint density at radius 1 is 1.14 bits per heavy atom. The molecule has 3 unspecified atom stereocenters. The fourth-order valence-corrected chi connectivity index (χ4v) is 4.39. The Bertz CT molecular complexity index is 191. The van der Waals surface area contributed by atoms with E-state index < -0.39 is 0 Å². The van der Waals surface area contributed by atoms with E-state index in [9.17, 15) is 0 Å². The van der Waals surface area contributed by atoms with Crippen molar-refractivity contribution in [3.8, 4) is 0 Å². The zero-order chi connectivity index (χ0) is 9.38. The molecule has 0 saturated carbocycles. The third-order valence-corrected chi connectivity index (χ3v) is 5.27. The third-order valence-electron chi connectivity index (χ3n) is 4.07. The van der Waals surface area contributed by atoms with E-state index >= 15 is 0 Å². The van der Waals surface area contributed by atoms with Crippen LogP contribution in [0.5, 0.6) is 0 Å². The average Bonchev–Trinajstić information content (AvgIpc) is 2.78. The first-order valence-electron chi connectivity index (χ1n) is 5.96. The summed E-state index contributed by atoms with van der Waals surface area (Å²) in [6, 6.07) is 0.916. The highest BCUT2D eigenvalue weighted by Gasteiger charge is 2.38. The van der Waals surface area contributed by atoms with Gasteiger partial charge in [-0.05, 0) is 43.5 Å². The molecule has 2 nitrogen and oxygen atoms in total. The highest BCUT2D eigenvalue weighted by atomic mass is 32.2. The molecule has 80 valence electrons. The second-order valence-corrected chi connectivity index (χ2v) is 6.15. The normalized spacial score (nSPS) is 44.1. The van der Waals surface area contributed by atoms with E-state index in [-0.39, 0.29) is 0 Å². The molecule has 0 aromatic heterocycles. The van der Waals surface area contributed by atoms with Gasteiger partial charge in [0.25, 0.3) is 0 Å². The zero-order valence-electron chi connectivity index (χ0n) is 8.74. The first kappa shape index (κ1) is 9.49. The minimum atomic E-state index is 0.916. The van der Waals surface area contributed by atoms with Gasteiger partial charge in [-0.3, -0.25) is 4.90 Å². The molecule has 0 amide bonds. The van der Waals surface area contributed by atoms with Crippen LogP contribution >= 0.6 is 11.8 Å². The molecule has 14 heavy (non-hydrogen) atoms. The van der Waals surface area contributed by atoms with Crippen molar-refractivity contribution in [1.82, 2.24) is 10.2 Å². The van der Waals surface area contributed by atoms with Gasteiger partial charge in [-0.2, -0.15) is 11.8 Å². The quantitative estimate of drug-likeness (QED) is 0.699. The summed E-state index contributed by atoms with van der Waals surface area (Å²) >= 11 is 2.16. The van der Waals surface area contributed by atoms with Gasteiger partial charge in [0, 0.05) is 24.9 Å². The minimum absolute atomic E-state index is 0.916. The Morgan fingerprint density at radius 2 is 1.93 bits per heavy atom. The highest BCUT2D eigenvalue weighted by Crippen LogP contribution is 2.31. The molecule has 3 rings (SSSR count). The predicted octanol–water partition coefficient (Wildman–Crippen LogP) is 1.03. The second kappa shape index (κ2) is 4.03. The Hall–Kier alpha value is 0.270. The number of hydrogen-bond acceptors (Lipinski definition) is 3. The standard InChI is InChI=1S/C11H20N2S/c1-2-11(8-14-3-1)13-6-9-4-12-5-10(9)7-13/h9-12H,1-8H2. The molecule has 1 N–H and O–H groups in total. The van der Waals surface area contributed by atoms with Crippen LogP contribution in [0.3, 0.4) is 0 Å². The van der Waals surface area contributed by atoms with E-state index in [1.165, 1.54) is 50.5 Å². The molecular weight excluding hydrogens is 192 g/mol. The largest absolute Gasteiger partial charge is 0.316 e. The van der Waals surface area contributed by atoms with Crippen molar-refractivity contribution in [2.75, 3.05) is 37.7 Å². The van der Waals surface area contributed by atoms with E-state index in [4.69, 9.17) is 0 Å². The number of nitrogens with zero attached hydrogens (tertiary/aromatic N) is 1. The van der Waals surface area contributed by atoms with Crippen molar-refractivity contribution >= 4 is 11.8 Å². The summed E-state index contributed by atoms with van der Waals surface area (Å²) in [6.07, 6.45) is 2.90. The molecule has 3 aliphatic rings. The van der Waals surface area contributed by atoms with Gasteiger partial charge in [0.1, 0.15) is 0 Å². The van der Waals surface area contributed by atoms with Gasteiger partial charge >= 0.3 is 0 Å². The summed E-state index contributed by atoms with van der Waals surface area (Å²) in [6.45, 7) is 5.31. The van der Waals surface area contributed by atoms with E-state index in [0.29, 0.717) is 0 Å². The Morgan fingerprint density at radius 3 is 2.57 bits per heavy atom. The van der Waals surface area contributed by atoms with Crippen molar-refractivity contribution in [3.63, 3.8) is 0 Å². The maximum Gasteiger partial charge on any atom is 0.0186 e. The van der Waals surface area contributed by atoms with Crippen LogP contribution in [0.25, 0.3) is 0 Å². The number of rotatable bonds is 1. The lowest BCUT2D eigenvalue weighted by molar-refractivity contribution is 0.230. The molecular formula is C11H20N2S. The lowest BCUT2D eigenvalue weighted by Gasteiger charge is -2.31. The molecule has 0 aliphatic carbocycles. The van der Waals surface area contributed by atoms with E-state index in [0.717, 1.165) is 17.9 Å². The number of nitrogens with one attached hydrogen (secondary N) is 1. The Balaban J connectivity index is 1.59. The lowest BCUT2D eigenvalue weighted by atomic mass is 10.0. The van der Waals surface area contributed by atoms with Crippen LogP contribution < -0.4 is 5.32 Å². The van der Waals surface area contributed by atoms with Crippen molar-refractivity contribution in [2.24, 2.45) is 11.8 Å². The summed E-state index contributed by atoms with van der Waals surface area (Å²) < 4.78 is 0. The van der Waals surface area contributed by atoms with Gasteiger partial charge in [0.05, 0.1) is 0 Å². The molecule has 3 saturated heterocycles. The third kappa shape index (κ3) is 1.70. The summed E-state index contributed by atoms with van der Waals surface area (Å²) in [5.74, 6) is 4.75. The SMILES string of the molecule is C1CSCC(N2CC3CNCC3C2)C1. The monoisotopic (exact) mass is 212 g/mol. The van der Waals surface area contributed by atoms with Crippen LogP contribution in [0.15, 0.2) is 0 Å². The molecule has 3 fully saturated rings. The van der Waals surface area contributed by atoms with Gasteiger partial charge in [-0.25, -0.2) is 0 Å². The summed E-state index contributed by atoms with van der Waals surface area (Å²) in [5, 5.41) is 3.52. The number of hydrogen-bond donors (Lipinski definition) is 1. The van der Waals surface area contributed by atoms with Crippen LogP contribution in [-0.4, -0.2) is 48.6 Å². The van der Waals surface area contributed by atoms with Gasteiger partial charge in [-0.15, -0.1) is 0 Å². The molecule has 0 radical (unpaired) electrons. The average molecular weight is 212 g/mol. The maximum absolute atomic E-state index is 3.52. The molecule has 0 bridgehead atoms. The summed E-state index contributed by atoms with van der Waals surface area (Å²) in [7, 11) is 0. The highest BCUT2D eigenvalue weighted by molar-refractivity contribution is 7.99. The van der Waals surface area contributed by atoms with Crippen LogP contribution in [0.2, 0.25) is 0 Å². The van der Waals surface area contributed by atoms with Crippen molar-refractivity contribution in [2.45, 2.75) is 18.9 Å². The van der Waals surface area contributed by atoms with Crippen molar-refractivity contribution < 1.29 is 0 Å². The van der Waals surface area contributed by atoms with Crippen LogP contribution in [0, 0.1) is 11.8 Å². The fourth-order valence-electron chi connectivity index (χ4n) is 3.20. The summed E-state index contributed by atoms with van der Waals surface area (Å²) in [4.78, 5) is 2.78. The van der Waals surface area contributed by atoms with Crippen LogP contribution in [0.4, 0.5) is 0 Å². The molecule has 3 aliphatic heterocycles. The smallest absolute Gasteiger partial charge is 0.0186 e. The lowest BCUT2D eigenvalue weighted by Crippen LogP contribution is -2.38. The number of fused-ring (bicyclic) bond motifs is 1. The van der Waals surface area contributed by atoms with E-state index in [2.05, 4.69) is 22.0 Å². The number of likely N-dealkylation sites (tertiary alicyclic amines) is 1. The molecule has 0 aromatic rings. The van der Waals surface area contributed by atoms with Crippen LogP contribution in [-0.2, 0) is 0 Å². The molecule has 3 heterocycles. The molecule has 0 aromatic carbocycles. The second-order valence-electron chi connectivity index (χ2n) is 5.00. The van der Waals surface area contributed by atoms with E-state index in [1.54, 1.807) is 0 Å². The predicted molar refractivity (Wildman–Crippen MR) is 61.8 cm³/mol. The summed E-state index contributed by atoms with van der Waals surface area (Å²) in [5.41, 5.74) is 0. The van der Waals surface area contributed by atoms with Crippen LogP contribution in [0.1, 0.15) is 12.8 Å². The molecule has 3 heteroatoms. The van der Waals surface area contributed by atoms with E-state index in [1.807, 2.05) is 0 Å². The van der Waals surface area contributed by atoms with Gasteiger partial charge in [0.2, 0.25) is 0 Å². The van der Waals surface area contributed by atoms with Crippen molar-refractivity contribution in [3.05, 3.63) is 0 Å². The molecule has 3 atom stereocenters. The van der Waals surface area contributed by atoms with Crippen molar-refractivity contribution in [1.29, 1.82) is 0 Å². The zero-order valence-corrected chi connectivity index (χ0v) is 9.56. The Labute approximate surface area is 90.8 Å². The first-order chi connectivity index (χ1) is 6.93. The molecule has 0 spiro atoms. The topological polar surface area (TPSA) is 15.3 Å².